The number of H-pyrrole nitrogens is 1. The molecule has 8 heteroatoms. The Bertz CT molecular complexity index is 1400. The summed E-state index contributed by atoms with van der Waals surface area (Å²) in [6.45, 7) is 0.262. The van der Waals surface area contributed by atoms with Gasteiger partial charge in [-0.05, 0) is 44.4 Å². The number of hydrogen-bond acceptors (Lipinski definition) is 5. The van der Waals surface area contributed by atoms with Gasteiger partial charge in [-0.15, -0.1) is 0 Å². The molecule has 1 aromatic heterocycles. The van der Waals surface area contributed by atoms with Crippen molar-refractivity contribution in [1.82, 2.24) is 9.88 Å². The number of nitrogens with zero attached hydrogens (tertiary/aromatic N) is 3. The molecule has 0 bridgehead atoms. The molecule has 0 spiro atoms. The Hall–Kier alpha value is -4.17. The van der Waals surface area contributed by atoms with Crippen LogP contribution in [0.4, 0.5) is 15.8 Å². The van der Waals surface area contributed by atoms with Gasteiger partial charge in [0.25, 0.3) is 0 Å². The van der Waals surface area contributed by atoms with Gasteiger partial charge in [0.2, 0.25) is 5.91 Å². The van der Waals surface area contributed by atoms with Crippen molar-refractivity contribution in [2.75, 3.05) is 39.7 Å². The van der Waals surface area contributed by atoms with Gasteiger partial charge in [0.05, 0.1) is 41.8 Å². The maximum Gasteiger partial charge on any atom is 0.240 e. The Balaban J connectivity index is 1.84. The molecule has 35 heavy (non-hydrogen) atoms. The predicted octanol–water partition coefficient (Wildman–Crippen LogP) is 4.71. The highest BCUT2D eigenvalue weighted by molar-refractivity contribution is 6.21. The maximum atomic E-state index is 13.8. The predicted molar refractivity (Wildman–Crippen MR) is 137 cm³/mol. The first-order valence-corrected chi connectivity index (χ1v) is 11.0. The van der Waals surface area contributed by atoms with Gasteiger partial charge in [0.1, 0.15) is 11.6 Å². The Morgan fingerprint density at radius 2 is 1.80 bits per heavy atom. The Morgan fingerprint density at radius 3 is 2.49 bits per heavy atom. The van der Waals surface area contributed by atoms with Gasteiger partial charge in [-0.25, -0.2) is 9.38 Å². The second kappa shape index (κ2) is 9.99. The van der Waals surface area contributed by atoms with E-state index in [1.807, 2.05) is 44.4 Å². The minimum absolute atomic E-state index is 0.0783. The average Bonchev–Trinajstić information content (AvgIpc) is 3.16. The first kappa shape index (κ1) is 24.0. The normalized spacial score (nSPS) is 11.8. The van der Waals surface area contributed by atoms with E-state index in [1.165, 1.54) is 19.2 Å². The van der Waals surface area contributed by atoms with Crippen molar-refractivity contribution >= 4 is 33.9 Å². The number of halogens is 1. The SMILES string of the molecule is COc1cc(N=C(c2ccccc2)c2c(O)[nH]c3cc(F)ccc23)ccc1N(C)C(=O)CN(C)C. The molecular weight excluding hydrogens is 447 g/mol. The molecule has 0 unspecified atom stereocenters. The molecule has 0 aliphatic carbocycles. The number of nitrogens with one attached hydrogen (secondary N) is 1. The van der Waals surface area contributed by atoms with E-state index in [1.54, 1.807) is 41.1 Å². The smallest absolute Gasteiger partial charge is 0.240 e. The fourth-order valence-corrected chi connectivity index (χ4v) is 3.91. The zero-order chi connectivity index (χ0) is 25.1. The number of aromatic hydroxyl groups is 1. The Morgan fingerprint density at radius 1 is 1.06 bits per heavy atom. The number of aromatic amines is 1. The van der Waals surface area contributed by atoms with Gasteiger partial charge in [0.15, 0.2) is 5.88 Å². The number of benzene rings is 3. The number of likely N-dealkylation sites (N-methyl/N-ethyl adjacent to an activating group) is 2. The molecule has 7 nitrogen and oxygen atoms in total. The fraction of sp³-hybridized carbons (Fsp3) is 0.185. The van der Waals surface area contributed by atoms with E-state index in [0.717, 1.165) is 5.56 Å². The van der Waals surface area contributed by atoms with E-state index in [2.05, 4.69) is 4.98 Å². The lowest BCUT2D eigenvalue weighted by molar-refractivity contribution is -0.118. The van der Waals surface area contributed by atoms with Crippen molar-refractivity contribution in [2.45, 2.75) is 0 Å². The Kier molecular flexibility index (Phi) is 6.84. The molecule has 0 saturated carbocycles. The van der Waals surface area contributed by atoms with Crippen LogP contribution in [-0.2, 0) is 4.79 Å². The van der Waals surface area contributed by atoms with Gasteiger partial charge in [-0.2, -0.15) is 0 Å². The summed E-state index contributed by atoms with van der Waals surface area (Å²) in [5, 5.41) is 11.4. The van der Waals surface area contributed by atoms with E-state index in [-0.39, 0.29) is 18.3 Å². The zero-order valence-electron chi connectivity index (χ0n) is 20.0. The first-order chi connectivity index (χ1) is 16.8. The molecule has 2 N–H and O–H groups in total. The Labute approximate surface area is 203 Å². The molecule has 4 aromatic rings. The van der Waals surface area contributed by atoms with Crippen molar-refractivity contribution in [3.63, 3.8) is 0 Å². The summed E-state index contributed by atoms with van der Waals surface area (Å²) in [5.41, 5.74) is 3.39. The molecule has 0 aliphatic heterocycles. The van der Waals surface area contributed by atoms with Crippen molar-refractivity contribution < 1.29 is 19.0 Å². The van der Waals surface area contributed by atoms with Crippen molar-refractivity contribution in [3.05, 3.63) is 83.7 Å². The highest BCUT2D eigenvalue weighted by atomic mass is 19.1. The zero-order valence-corrected chi connectivity index (χ0v) is 20.0. The van der Waals surface area contributed by atoms with Crippen LogP contribution < -0.4 is 9.64 Å². The number of anilines is 1. The largest absolute Gasteiger partial charge is 0.494 e. The lowest BCUT2D eigenvalue weighted by atomic mass is 10.0. The van der Waals surface area contributed by atoms with Crippen LogP contribution in [0, 0.1) is 5.82 Å². The van der Waals surface area contributed by atoms with Gasteiger partial charge >= 0.3 is 0 Å². The molecule has 4 rings (SSSR count). The number of aromatic nitrogens is 1. The molecule has 0 fully saturated rings. The summed E-state index contributed by atoms with van der Waals surface area (Å²) >= 11 is 0. The van der Waals surface area contributed by atoms with Crippen LogP contribution in [0.1, 0.15) is 11.1 Å². The number of ether oxygens (including phenoxy) is 1. The second-order valence-corrected chi connectivity index (χ2v) is 8.41. The second-order valence-electron chi connectivity index (χ2n) is 8.41. The fourth-order valence-electron chi connectivity index (χ4n) is 3.91. The van der Waals surface area contributed by atoms with E-state index >= 15 is 0 Å². The van der Waals surface area contributed by atoms with Crippen LogP contribution in [0.3, 0.4) is 0 Å². The van der Waals surface area contributed by atoms with Gasteiger partial charge < -0.3 is 24.6 Å². The van der Waals surface area contributed by atoms with Crippen molar-refractivity contribution in [1.29, 1.82) is 0 Å². The topological polar surface area (TPSA) is 81.2 Å². The van der Waals surface area contributed by atoms with Crippen LogP contribution in [0.5, 0.6) is 11.6 Å². The lowest BCUT2D eigenvalue weighted by Gasteiger charge is -2.22. The minimum atomic E-state index is -0.406. The highest BCUT2D eigenvalue weighted by Gasteiger charge is 2.20. The third kappa shape index (κ3) is 5.02. The molecule has 180 valence electrons. The molecule has 1 heterocycles. The molecule has 3 aromatic carbocycles. The highest BCUT2D eigenvalue weighted by Crippen LogP contribution is 2.35. The number of carbonyl (C=O) groups is 1. The van der Waals surface area contributed by atoms with Crippen molar-refractivity contribution in [3.8, 4) is 11.6 Å². The monoisotopic (exact) mass is 474 g/mol. The van der Waals surface area contributed by atoms with Crippen LogP contribution >= 0.6 is 0 Å². The van der Waals surface area contributed by atoms with Crippen LogP contribution in [-0.4, -0.2) is 61.4 Å². The molecule has 0 saturated heterocycles. The van der Waals surface area contributed by atoms with Crippen LogP contribution in [0.15, 0.2) is 71.7 Å². The molecule has 0 radical (unpaired) electrons. The third-order valence-electron chi connectivity index (χ3n) is 5.62. The number of fused-ring (bicyclic) bond motifs is 1. The number of methoxy groups -OCH3 is 1. The molecule has 1 amide bonds. The number of carbonyl (C=O) groups excluding carboxylic acids is 1. The summed E-state index contributed by atoms with van der Waals surface area (Å²) in [5.74, 6) is -0.105. The van der Waals surface area contributed by atoms with Gasteiger partial charge in [-0.3, -0.25) is 4.79 Å². The molecule has 0 atom stereocenters. The number of rotatable bonds is 7. The molecule has 0 aliphatic rings. The minimum Gasteiger partial charge on any atom is -0.494 e. The van der Waals surface area contributed by atoms with Gasteiger partial charge in [0, 0.05) is 24.1 Å². The summed E-state index contributed by atoms with van der Waals surface area (Å²) in [6.07, 6.45) is 0. The van der Waals surface area contributed by atoms with E-state index < -0.39 is 5.82 Å². The number of hydrogen-bond donors (Lipinski definition) is 2. The van der Waals surface area contributed by atoms with Crippen molar-refractivity contribution in [2.24, 2.45) is 4.99 Å². The number of amides is 1. The summed E-state index contributed by atoms with van der Waals surface area (Å²) in [6, 6.07) is 19.0. The van der Waals surface area contributed by atoms with E-state index in [9.17, 15) is 14.3 Å². The van der Waals surface area contributed by atoms with E-state index in [0.29, 0.717) is 39.3 Å². The van der Waals surface area contributed by atoms with Gasteiger partial charge in [-0.1, -0.05) is 30.3 Å². The standard InChI is InChI=1S/C27H27FN4O3/c1-31(2)16-24(33)32(3)22-13-11-19(15-23(22)35-4)29-26(17-8-6-5-7-9-17)25-20-12-10-18(28)14-21(20)30-27(25)34/h5-15,30,34H,16H2,1-4H3. The molecular formula is C27H27FN4O3. The summed E-state index contributed by atoms with van der Waals surface area (Å²) < 4.78 is 19.4. The average molecular weight is 475 g/mol. The van der Waals surface area contributed by atoms with E-state index in [4.69, 9.17) is 9.73 Å². The maximum absolute atomic E-state index is 13.8. The third-order valence-corrected chi connectivity index (χ3v) is 5.62. The quantitative estimate of drug-likeness (QED) is 0.380. The first-order valence-electron chi connectivity index (χ1n) is 11.0. The summed E-state index contributed by atoms with van der Waals surface area (Å²) in [4.78, 5) is 23.6. The van der Waals surface area contributed by atoms with Crippen LogP contribution in [0.2, 0.25) is 0 Å². The van der Waals surface area contributed by atoms with Crippen LogP contribution in [0.25, 0.3) is 10.9 Å². The lowest BCUT2D eigenvalue weighted by Crippen LogP contribution is -2.35. The number of aliphatic imine (C=N–C) groups is 1. The summed E-state index contributed by atoms with van der Waals surface area (Å²) in [7, 11) is 6.90.